The van der Waals surface area contributed by atoms with Gasteiger partial charge in [-0.05, 0) is 0 Å². The molecule has 0 fully saturated rings. The molecule has 25 heavy (non-hydrogen) atoms. The molecule has 136 valence electrons. The number of amides is 1. The molecule has 0 spiro atoms. The Hall–Kier alpha value is -2.23. The third-order valence-electron chi connectivity index (χ3n) is 3.38. The van der Waals surface area contributed by atoms with Crippen molar-refractivity contribution in [2.75, 3.05) is 13.2 Å². The van der Waals surface area contributed by atoms with Crippen molar-refractivity contribution in [1.82, 2.24) is 10.6 Å². The molecule has 0 heterocycles. The molecule has 0 aliphatic rings. The summed E-state index contributed by atoms with van der Waals surface area (Å²) in [4.78, 5) is 24.3. The average molecular weight is 349 g/mol. The fraction of sp³-hybridized carbons (Fsp3) is 0.438. The number of carbonyl (C=O) groups excluding carboxylic acids is 2. The van der Waals surface area contributed by atoms with Crippen molar-refractivity contribution in [3.05, 3.63) is 35.9 Å². The Labute approximate surface area is 147 Å². The zero-order chi connectivity index (χ0) is 18.8. The van der Waals surface area contributed by atoms with E-state index in [0.29, 0.717) is 5.59 Å². The first-order chi connectivity index (χ1) is 11.9. The van der Waals surface area contributed by atoms with Crippen LogP contribution in [0.15, 0.2) is 30.3 Å². The summed E-state index contributed by atoms with van der Waals surface area (Å²) in [7, 11) is 3.61. The second kappa shape index (κ2) is 10.6. The first-order valence-corrected chi connectivity index (χ1v) is 7.83. The average Bonchev–Trinajstić information content (AvgIpc) is 2.62. The van der Waals surface area contributed by atoms with Crippen LogP contribution in [0, 0.1) is 0 Å². The van der Waals surface area contributed by atoms with Crippen LogP contribution in [0.4, 0.5) is 0 Å². The van der Waals surface area contributed by atoms with Crippen LogP contribution in [0.2, 0.25) is 0 Å². The first-order valence-electron chi connectivity index (χ1n) is 7.83. The predicted octanol–water partition coefficient (Wildman–Crippen LogP) is -2.46. The molecule has 0 bridgehead atoms. The molecule has 6 N–H and O–H groups in total. The van der Waals surface area contributed by atoms with Crippen LogP contribution >= 0.6 is 0 Å². The van der Waals surface area contributed by atoms with Crippen molar-refractivity contribution < 1.29 is 24.5 Å². The quantitative estimate of drug-likeness (QED) is 0.234. The minimum atomic E-state index is -1.24. The summed E-state index contributed by atoms with van der Waals surface area (Å²) in [5.74, 6) is -1.46. The Morgan fingerprint density at radius 3 is 2.44 bits per heavy atom. The fourth-order valence-electron chi connectivity index (χ4n) is 1.95. The number of carbonyl (C=O) groups is 2. The van der Waals surface area contributed by atoms with Gasteiger partial charge in [-0.25, -0.2) is 0 Å². The summed E-state index contributed by atoms with van der Waals surface area (Å²) < 4.78 is 5.09. The van der Waals surface area contributed by atoms with Crippen LogP contribution in [0.25, 0.3) is 0 Å². The van der Waals surface area contributed by atoms with E-state index in [1.165, 1.54) is 6.92 Å². The normalized spacial score (nSPS) is 14.0. The molecule has 0 aromatic heterocycles. The summed E-state index contributed by atoms with van der Waals surface area (Å²) >= 11 is 0. The fourth-order valence-corrected chi connectivity index (χ4v) is 1.95. The van der Waals surface area contributed by atoms with Crippen LogP contribution in [-0.2, 0) is 20.9 Å². The van der Waals surface area contributed by atoms with Crippen LogP contribution in [0.5, 0.6) is 0 Å². The van der Waals surface area contributed by atoms with Gasteiger partial charge in [0.15, 0.2) is 0 Å². The Morgan fingerprint density at radius 1 is 1.28 bits per heavy atom. The number of benzene rings is 1. The maximum atomic E-state index is 12.2. The van der Waals surface area contributed by atoms with E-state index in [1.807, 2.05) is 6.07 Å². The van der Waals surface area contributed by atoms with Gasteiger partial charge in [0.2, 0.25) is 0 Å². The van der Waals surface area contributed by atoms with Gasteiger partial charge in [0.05, 0.1) is 0 Å². The molecule has 1 amide bonds. The second-order valence-electron chi connectivity index (χ2n) is 5.51. The Bertz CT molecular complexity index is 582. The summed E-state index contributed by atoms with van der Waals surface area (Å²) in [6.45, 7) is 0.875. The molecule has 3 atom stereocenters. The Balaban J connectivity index is 2.63. The number of rotatable bonds is 10. The molecule has 0 saturated heterocycles. The van der Waals surface area contributed by atoms with Gasteiger partial charge < -0.3 is 0 Å². The monoisotopic (exact) mass is 349 g/mol. The SMILES string of the molecule is B=C(CN)N[C@H](C(=O)N[C@@H](CO)C(=O)OCc1ccccc1)[C@H](C)O. The maximum absolute atomic E-state index is 12.2. The predicted molar refractivity (Wildman–Crippen MR) is 95.1 cm³/mol. The van der Waals surface area contributed by atoms with Gasteiger partial charge in [-0.3, -0.25) is 0 Å². The molecule has 9 heteroatoms. The van der Waals surface area contributed by atoms with Gasteiger partial charge >= 0.3 is 141 Å². The van der Waals surface area contributed by atoms with Gasteiger partial charge in [0.1, 0.15) is 0 Å². The molecule has 0 aliphatic heterocycles. The molecule has 0 saturated carbocycles. The third kappa shape index (κ3) is 7.04. The topological polar surface area (TPSA) is 134 Å². The number of aliphatic hydroxyl groups is 2. The summed E-state index contributed by atoms with van der Waals surface area (Å²) in [5.41, 5.74) is 6.54. The molecule has 1 rings (SSSR count). The number of hydrogen-bond acceptors (Lipinski definition) is 7. The molecule has 0 radical (unpaired) electrons. The second-order valence-corrected chi connectivity index (χ2v) is 5.51. The number of nitrogens with one attached hydrogen (secondary N) is 2. The standard InChI is InChI=1S/C16H24BN3O5/c1-10(22)14(20-13(17)7-18)15(23)19-12(8-21)16(24)25-9-11-5-3-2-4-6-11/h2-6,10,12,14,17,20-22H,7-9,18H2,1H3,(H,19,23)/t10-,12-,14-/m0/s1. The van der Waals surface area contributed by atoms with Crippen molar-refractivity contribution >= 4 is 25.0 Å². The van der Waals surface area contributed by atoms with E-state index < -0.39 is 36.7 Å². The van der Waals surface area contributed by atoms with Gasteiger partial charge in [-0.2, -0.15) is 0 Å². The Kier molecular flexibility index (Phi) is 8.83. The van der Waals surface area contributed by atoms with E-state index >= 15 is 0 Å². The molecular formula is C16H24BN3O5. The van der Waals surface area contributed by atoms with Gasteiger partial charge in [0, 0.05) is 0 Å². The van der Waals surface area contributed by atoms with Crippen molar-refractivity contribution in [3.63, 3.8) is 0 Å². The van der Waals surface area contributed by atoms with Crippen molar-refractivity contribution in [2.45, 2.75) is 31.7 Å². The van der Waals surface area contributed by atoms with E-state index in [2.05, 4.69) is 18.1 Å². The number of ether oxygens (including phenoxy) is 1. The van der Waals surface area contributed by atoms with Gasteiger partial charge in [0.25, 0.3) is 0 Å². The van der Waals surface area contributed by atoms with E-state index in [0.717, 1.165) is 5.56 Å². The van der Waals surface area contributed by atoms with Crippen molar-refractivity contribution in [2.24, 2.45) is 5.73 Å². The number of esters is 1. The minimum absolute atomic E-state index is 0.0219. The number of hydrogen-bond donors (Lipinski definition) is 5. The zero-order valence-electron chi connectivity index (χ0n) is 14.1. The number of aliphatic hydroxyl groups excluding tert-OH is 2. The van der Waals surface area contributed by atoms with E-state index in [-0.39, 0.29) is 13.2 Å². The van der Waals surface area contributed by atoms with E-state index in [9.17, 15) is 19.8 Å². The molecular weight excluding hydrogens is 325 g/mol. The molecule has 0 aliphatic carbocycles. The van der Waals surface area contributed by atoms with Crippen molar-refractivity contribution in [3.8, 4) is 0 Å². The summed E-state index contributed by atoms with van der Waals surface area (Å²) in [5, 5.41) is 24.1. The molecule has 0 unspecified atom stereocenters. The van der Waals surface area contributed by atoms with Crippen LogP contribution in [-0.4, -0.2) is 66.5 Å². The zero-order valence-corrected chi connectivity index (χ0v) is 14.1. The third-order valence-corrected chi connectivity index (χ3v) is 3.38. The van der Waals surface area contributed by atoms with Gasteiger partial charge in [-0.1, -0.05) is 6.07 Å². The van der Waals surface area contributed by atoms with Gasteiger partial charge in [-0.15, -0.1) is 0 Å². The van der Waals surface area contributed by atoms with Crippen LogP contribution in [0.3, 0.4) is 0 Å². The van der Waals surface area contributed by atoms with E-state index in [4.69, 9.17) is 10.5 Å². The molecule has 1 aromatic rings. The Morgan fingerprint density at radius 2 is 1.92 bits per heavy atom. The first kappa shape index (κ1) is 20.8. The summed E-state index contributed by atoms with van der Waals surface area (Å²) in [6, 6.07) is 6.70. The van der Waals surface area contributed by atoms with Crippen molar-refractivity contribution in [1.29, 1.82) is 0 Å². The van der Waals surface area contributed by atoms with E-state index in [1.54, 1.807) is 24.3 Å². The van der Waals surface area contributed by atoms with Crippen LogP contribution < -0.4 is 16.4 Å². The molecule has 1 aromatic carbocycles. The molecule has 8 nitrogen and oxygen atoms in total. The number of nitrogens with two attached hydrogens (primary N) is 1. The summed E-state index contributed by atoms with van der Waals surface area (Å²) in [6.07, 6.45) is -1.07. The van der Waals surface area contributed by atoms with Crippen LogP contribution in [0.1, 0.15) is 12.5 Å².